The minimum atomic E-state index is 0.644. The quantitative estimate of drug-likeness (QED) is 0.539. The predicted molar refractivity (Wildman–Crippen MR) is 67.0 cm³/mol. The third kappa shape index (κ3) is 3.57. The fourth-order valence-electron chi connectivity index (χ4n) is 1.74. The molecule has 0 atom stereocenters. The van der Waals surface area contributed by atoms with Crippen molar-refractivity contribution in [1.29, 1.82) is 5.26 Å². The highest BCUT2D eigenvalue weighted by Crippen LogP contribution is 2.04. The highest BCUT2D eigenvalue weighted by Gasteiger charge is 2.14. The lowest BCUT2D eigenvalue weighted by molar-refractivity contribution is -0.683. The van der Waals surface area contributed by atoms with Gasteiger partial charge >= 0.3 is 0 Å². The van der Waals surface area contributed by atoms with Crippen LogP contribution in [0.2, 0.25) is 0 Å². The average Bonchev–Trinajstić information content (AvgIpc) is 2.69. The Bertz CT molecular complexity index is 352. The van der Waals surface area contributed by atoms with E-state index >= 15 is 0 Å². The summed E-state index contributed by atoms with van der Waals surface area (Å²) >= 11 is 1.93. The van der Waals surface area contributed by atoms with Gasteiger partial charge in [0.25, 0.3) is 5.82 Å². The van der Waals surface area contributed by atoms with Crippen molar-refractivity contribution in [3.63, 3.8) is 0 Å². The molecular formula is C12H20N3S+. The van der Waals surface area contributed by atoms with E-state index in [2.05, 4.69) is 41.4 Å². The molecule has 0 bridgehead atoms. The van der Waals surface area contributed by atoms with E-state index in [1.165, 1.54) is 5.82 Å². The first-order valence-corrected chi connectivity index (χ1v) is 7.01. The predicted octanol–water partition coefficient (Wildman–Crippen LogP) is 2.35. The van der Waals surface area contributed by atoms with Crippen LogP contribution in [-0.4, -0.2) is 10.3 Å². The van der Waals surface area contributed by atoms with Crippen LogP contribution in [0.1, 0.15) is 32.5 Å². The molecule has 0 spiro atoms. The fourth-order valence-corrected chi connectivity index (χ4v) is 2.36. The third-order valence-corrected chi connectivity index (χ3v) is 3.40. The van der Waals surface area contributed by atoms with E-state index < -0.39 is 0 Å². The molecule has 0 aliphatic heterocycles. The van der Waals surface area contributed by atoms with E-state index in [4.69, 9.17) is 5.26 Å². The Kier molecular flexibility index (Phi) is 6.02. The molecule has 4 heteroatoms. The fraction of sp³-hybridized carbons (Fsp3) is 0.667. The maximum Gasteiger partial charge on any atom is 0.256 e. The second-order valence-electron chi connectivity index (χ2n) is 3.61. The Hall–Kier alpha value is -0.950. The SMILES string of the molecule is CCSC[n+]1ccn(CCCC#N)c1CC. The van der Waals surface area contributed by atoms with Crippen molar-refractivity contribution in [1.82, 2.24) is 4.57 Å². The van der Waals surface area contributed by atoms with Gasteiger partial charge < -0.3 is 0 Å². The van der Waals surface area contributed by atoms with Crippen LogP contribution in [0.25, 0.3) is 0 Å². The summed E-state index contributed by atoms with van der Waals surface area (Å²) in [5.74, 6) is 3.54. The Morgan fingerprint density at radius 1 is 1.50 bits per heavy atom. The van der Waals surface area contributed by atoms with Crippen LogP contribution in [-0.2, 0) is 18.8 Å². The van der Waals surface area contributed by atoms with E-state index in [9.17, 15) is 0 Å². The molecule has 0 aliphatic rings. The van der Waals surface area contributed by atoms with Gasteiger partial charge in [-0.3, -0.25) is 0 Å². The van der Waals surface area contributed by atoms with Gasteiger partial charge in [-0.25, -0.2) is 9.13 Å². The molecule has 0 unspecified atom stereocenters. The lowest BCUT2D eigenvalue weighted by atomic mass is 10.3. The lowest BCUT2D eigenvalue weighted by Crippen LogP contribution is -2.35. The summed E-state index contributed by atoms with van der Waals surface area (Å²) in [5.41, 5.74) is 0. The van der Waals surface area contributed by atoms with E-state index in [-0.39, 0.29) is 0 Å². The molecule has 3 nitrogen and oxygen atoms in total. The number of hydrogen-bond acceptors (Lipinski definition) is 2. The molecular weight excluding hydrogens is 218 g/mol. The van der Waals surface area contributed by atoms with E-state index in [1.54, 1.807) is 0 Å². The van der Waals surface area contributed by atoms with Crippen LogP contribution in [0.4, 0.5) is 0 Å². The molecule has 1 aromatic rings. The smallest absolute Gasteiger partial charge is 0.234 e. The number of aromatic nitrogens is 2. The number of nitriles is 1. The van der Waals surface area contributed by atoms with Gasteiger partial charge in [0.1, 0.15) is 18.3 Å². The van der Waals surface area contributed by atoms with Crippen LogP contribution in [0.15, 0.2) is 12.4 Å². The summed E-state index contributed by atoms with van der Waals surface area (Å²) < 4.78 is 4.58. The molecule has 0 aromatic carbocycles. The second-order valence-corrected chi connectivity index (χ2v) is 4.86. The Labute approximate surface area is 102 Å². The van der Waals surface area contributed by atoms with Gasteiger partial charge in [0, 0.05) is 12.8 Å². The summed E-state index contributed by atoms with van der Waals surface area (Å²) in [4.78, 5) is 0. The standard InChI is InChI=1S/C12H20N3S/c1-3-12-14(8-6-5-7-13)9-10-15(12)11-16-4-2/h9-10H,3-6,8,11H2,1-2H3/q+1. The van der Waals surface area contributed by atoms with E-state index in [0.29, 0.717) is 6.42 Å². The number of imidazole rings is 1. The minimum absolute atomic E-state index is 0.644. The Balaban J connectivity index is 2.63. The first-order valence-electron chi connectivity index (χ1n) is 5.85. The van der Waals surface area contributed by atoms with Crippen molar-refractivity contribution in [2.24, 2.45) is 0 Å². The van der Waals surface area contributed by atoms with Crippen molar-refractivity contribution < 1.29 is 4.57 Å². The summed E-state index contributed by atoms with van der Waals surface area (Å²) in [6, 6.07) is 2.19. The molecule has 1 rings (SSSR count). The lowest BCUT2D eigenvalue weighted by Gasteiger charge is -2.01. The first-order chi connectivity index (χ1) is 7.83. The van der Waals surface area contributed by atoms with Crippen LogP contribution < -0.4 is 4.57 Å². The van der Waals surface area contributed by atoms with Gasteiger partial charge in [-0.1, -0.05) is 13.8 Å². The molecule has 16 heavy (non-hydrogen) atoms. The van der Waals surface area contributed by atoms with Crippen LogP contribution in [0.5, 0.6) is 0 Å². The van der Waals surface area contributed by atoms with Crippen molar-refractivity contribution >= 4 is 11.8 Å². The third-order valence-electron chi connectivity index (χ3n) is 2.53. The molecule has 0 radical (unpaired) electrons. The van der Waals surface area contributed by atoms with Crippen molar-refractivity contribution in [3.8, 4) is 6.07 Å². The number of aryl methyl sites for hydroxylation is 1. The monoisotopic (exact) mass is 238 g/mol. The molecule has 1 heterocycles. The van der Waals surface area contributed by atoms with Crippen molar-refractivity contribution in [2.45, 2.75) is 45.5 Å². The highest BCUT2D eigenvalue weighted by atomic mass is 32.2. The minimum Gasteiger partial charge on any atom is -0.234 e. The molecule has 1 aromatic heterocycles. The van der Waals surface area contributed by atoms with Gasteiger partial charge in [0.2, 0.25) is 0 Å². The molecule has 0 fully saturated rings. The van der Waals surface area contributed by atoms with Gasteiger partial charge in [-0.15, -0.1) is 11.8 Å². The topological polar surface area (TPSA) is 32.6 Å². The molecule has 0 aliphatic carbocycles. The zero-order valence-electron chi connectivity index (χ0n) is 10.1. The number of nitrogens with zero attached hydrogens (tertiary/aromatic N) is 3. The zero-order valence-corrected chi connectivity index (χ0v) is 11.0. The van der Waals surface area contributed by atoms with Crippen LogP contribution in [0, 0.1) is 11.3 Å². The number of thioether (sulfide) groups is 1. The van der Waals surface area contributed by atoms with Gasteiger partial charge in [-0.2, -0.15) is 5.26 Å². The van der Waals surface area contributed by atoms with Crippen LogP contribution in [0.3, 0.4) is 0 Å². The number of rotatable bonds is 7. The zero-order chi connectivity index (χ0) is 11.8. The Morgan fingerprint density at radius 3 is 2.94 bits per heavy atom. The average molecular weight is 238 g/mol. The van der Waals surface area contributed by atoms with Gasteiger partial charge in [0.05, 0.1) is 12.6 Å². The van der Waals surface area contributed by atoms with Crippen molar-refractivity contribution in [2.75, 3.05) is 5.75 Å². The second kappa shape index (κ2) is 7.34. The summed E-state index contributed by atoms with van der Waals surface area (Å²) in [5, 5.41) is 8.52. The molecule has 0 amide bonds. The highest BCUT2D eigenvalue weighted by molar-refractivity contribution is 7.98. The summed E-state index contributed by atoms with van der Waals surface area (Å²) in [7, 11) is 0. The normalized spacial score (nSPS) is 10.3. The van der Waals surface area contributed by atoms with Gasteiger partial charge in [-0.05, 0) is 12.2 Å². The van der Waals surface area contributed by atoms with Crippen molar-refractivity contribution in [3.05, 3.63) is 18.2 Å². The number of unbranched alkanes of at least 4 members (excludes halogenated alkanes) is 1. The maximum absolute atomic E-state index is 8.52. The maximum atomic E-state index is 8.52. The van der Waals surface area contributed by atoms with E-state index in [1.807, 2.05) is 11.8 Å². The number of hydrogen-bond donors (Lipinski definition) is 0. The van der Waals surface area contributed by atoms with E-state index in [0.717, 1.165) is 31.0 Å². The molecule has 0 N–H and O–H groups in total. The molecule has 0 saturated carbocycles. The van der Waals surface area contributed by atoms with Crippen LogP contribution >= 0.6 is 11.8 Å². The molecule has 0 saturated heterocycles. The Morgan fingerprint density at radius 2 is 2.31 bits per heavy atom. The first kappa shape index (κ1) is 13.1. The summed E-state index contributed by atoms with van der Waals surface area (Å²) in [6.07, 6.45) is 6.91. The largest absolute Gasteiger partial charge is 0.256 e. The summed E-state index contributed by atoms with van der Waals surface area (Å²) in [6.45, 7) is 5.32. The molecule has 88 valence electrons. The van der Waals surface area contributed by atoms with Gasteiger partial charge in [0.15, 0.2) is 0 Å².